The molecule has 7 nitrogen and oxygen atoms in total. The smallest absolute Gasteiger partial charge is 0.274 e. The van der Waals surface area contributed by atoms with Gasteiger partial charge in [-0.25, -0.2) is 0 Å². The average Bonchev–Trinajstić information content (AvgIpc) is 2.25. The van der Waals surface area contributed by atoms with Crippen LogP contribution in [0, 0.1) is 5.92 Å². The molecule has 0 aliphatic carbocycles. The molecule has 0 saturated heterocycles. The first kappa shape index (κ1) is 13.1. The van der Waals surface area contributed by atoms with Crippen LogP contribution in [0.15, 0.2) is 4.79 Å². The Morgan fingerprint density at radius 3 is 2.65 bits per heavy atom. The summed E-state index contributed by atoms with van der Waals surface area (Å²) in [5.41, 5.74) is 5.01. The number of aromatic nitrogens is 3. The SMILES string of the molecule is CCc1nnc(NNC(=O)CC(C)C)[nH]c1=O. The number of nitrogens with zero attached hydrogens (tertiary/aromatic N) is 2. The molecule has 0 unspecified atom stereocenters. The first-order valence-electron chi connectivity index (χ1n) is 5.53. The van der Waals surface area contributed by atoms with Gasteiger partial charge < -0.3 is 0 Å². The van der Waals surface area contributed by atoms with Crippen LogP contribution in [-0.4, -0.2) is 21.1 Å². The molecule has 7 heteroatoms. The summed E-state index contributed by atoms with van der Waals surface area (Å²) in [5, 5.41) is 7.46. The summed E-state index contributed by atoms with van der Waals surface area (Å²) in [4.78, 5) is 25.2. The van der Waals surface area contributed by atoms with Gasteiger partial charge in [0.25, 0.3) is 5.56 Å². The predicted octanol–water partition coefficient (Wildman–Crippen LogP) is 0.216. The van der Waals surface area contributed by atoms with E-state index in [1.807, 2.05) is 20.8 Å². The normalized spacial score (nSPS) is 10.4. The van der Waals surface area contributed by atoms with Crippen molar-refractivity contribution >= 4 is 11.9 Å². The molecule has 0 aromatic carbocycles. The van der Waals surface area contributed by atoms with Crippen LogP contribution in [0.3, 0.4) is 0 Å². The van der Waals surface area contributed by atoms with Crippen molar-refractivity contribution in [3.63, 3.8) is 0 Å². The second-order valence-electron chi connectivity index (χ2n) is 4.07. The number of aryl methyl sites for hydroxylation is 1. The summed E-state index contributed by atoms with van der Waals surface area (Å²) in [5.74, 6) is 0.232. The molecule has 0 radical (unpaired) electrons. The number of amides is 1. The van der Waals surface area contributed by atoms with Crippen molar-refractivity contribution < 1.29 is 4.79 Å². The molecule has 0 atom stereocenters. The highest BCUT2D eigenvalue weighted by atomic mass is 16.2. The Labute approximate surface area is 99.0 Å². The molecule has 1 aromatic rings. The summed E-state index contributed by atoms with van der Waals surface area (Å²) in [6, 6.07) is 0. The lowest BCUT2D eigenvalue weighted by Gasteiger charge is -2.08. The van der Waals surface area contributed by atoms with Gasteiger partial charge in [0.2, 0.25) is 11.9 Å². The predicted molar refractivity (Wildman–Crippen MR) is 63.3 cm³/mol. The fourth-order valence-electron chi connectivity index (χ4n) is 1.20. The highest BCUT2D eigenvalue weighted by Crippen LogP contribution is 1.98. The minimum atomic E-state index is -0.303. The highest BCUT2D eigenvalue weighted by molar-refractivity contribution is 5.77. The molecule has 1 aromatic heterocycles. The molecule has 17 heavy (non-hydrogen) atoms. The Morgan fingerprint density at radius 1 is 1.41 bits per heavy atom. The van der Waals surface area contributed by atoms with Crippen molar-refractivity contribution in [2.45, 2.75) is 33.6 Å². The Kier molecular flexibility index (Phi) is 4.62. The minimum absolute atomic E-state index is 0.129. The quantitative estimate of drug-likeness (QED) is 0.638. The molecule has 0 saturated carbocycles. The Morgan fingerprint density at radius 2 is 2.12 bits per heavy atom. The van der Waals surface area contributed by atoms with Gasteiger partial charge in [-0.05, 0) is 12.3 Å². The number of aromatic amines is 1. The first-order chi connectivity index (χ1) is 8.02. The Balaban J connectivity index is 2.55. The van der Waals surface area contributed by atoms with Crippen molar-refractivity contribution in [2.75, 3.05) is 5.43 Å². The fourth-order valence-corrected chi connectivity index (χ4v) is 1.20. The average molecular weight is 239 g/mol. The van der Waals surface area contributed by atoms with Gasteiger partial charge in [0.15, 0.2) is 0 Å². The zero-order valence-corrected chi connectivity index (χ0v) is 10.2. The van der Waals surface area contributed by atoms with Crippen LogP contribution >= 0.6 is 0 Å². The third-order valence-electron chi connectivity index (χ3n) is 2.01. The number of H-pyrrole nitrogens is 1. The van der Waals surface area contributed by atoms with Gasteiger partial charge >= 0.3 is 0 Å². The number of carbonyl (C=O) groups is 1. The fraction of sp³-hybridized carbons (Fsp3) is 0.600. The number of rotatable bonds is 5. The van der Waals surface area contributed by atoms with Gasteiger partial charge in [-0.1, -0.05) is 20.8 Å². The van der Waals surface area contributed by atoms with E-state index in [9.17, 15) is 9.59 Å². The number of carbonyl (C=O) groups excluding carboxylic acids is 1. The molecular weight excluding hydrogens is 222 g/mol. The second-order valence-corrected chi connectivity index (χ2v) is 4.07. The van der Waals surface area contributed by atoms with Gasteiger partial charge in [-0.15, -0.1) is 10.2 Å². The van der Waals surface area contributed by atoms with Crippen LogP contribution in [0.25, 0.3) is 0 Å². The van der Waals surface area contributed by atoms with E-state index < -0.39 is 0 Å². The van der Waals surface area contributed by atoms with Crippen LogP contribution in [0.2, 0.25) is 0 Å². The van der Waals surface area contributed by atoms with Crippen molar-refractivity contribution in [3.05, 3.63) is 16.0 Å². The Bertz CT molecular complexity index is 441. The summed E-state index contributed by atoms with van der Waals surface area (Å²) < 4.78 is 0. The van der Waals surface area contributed by atoms with E-state index in [0.717, 1.165) is 0 Å². The van der Waals surface area contributed by atoms with E-state index in [2.05, 4.69) is 26.0 Å². The highest BCUT2D eigenvalue weighted by Gasteiger charge is 2.06. The molecule has 3 N–H and O–H groups in total. The van der Waals surface area contributed by atoms with E-state index in [-0.39, 0.29) is 23.3 Å². The molecule has 0 aliphatic heterocycles. The van der Waals surface area contributed by atoms with E-state index in [1.165, 1.54) is 0 Å². The van der Waals surface area contributed by atoms with Gasteiger partial charge in [0.1, 0.15) is 5.69 Å². The molecule has 1 heterocycles. The molecule has 1 amide bonds. The maximum Gasteiger partial charge on any atom is 0.274 e. The van der Waals surface area contributed by atoms with Crippen molar-refractivity contribution in [2.24, 2.45) is 5.92 Å². The van der Waals surface area contributed by atoms with E-state index in [1.54, 1.807) is 0 Å². The van der Waals surface area contributed by atoms with Crippen molar-refractivity contribution in [3.8, 4) is 0 Å². The number of hydrogen-bond donors (Lipinski definition) is 3. The van der Waals surface area contributed by atoms with E-state index in [4.69, 9.17) is 0 Å². The molecular formula is C10H17N5O2. The molecule has 0 fully saturated rings. The minimum Gasteiger partial charge on any atom is -0.288 e. The number of anilines is 1. The largest absolute Gasteiger partial charge is 0.288 e. The van der Waals surface area contributed by atoms with E-state index in [0.29, 0.717) is 18.5 Å². The van der Waals surface area contributed by atoms with Crippen LogP contribution < -0.4 is 16.4 Å². The molecule has 0 spiro atoms. The second kappa shape index (κ2) is 5.97. The zero-order valence-electron chi connectivity index (χ0n) is 10.2. The lowest BCUT2D eigenvalue weighted by atomic mass is 10.1. The Hall–Kier alpha value is -1.92. The third kappa shape index (κ3) is 4.21. The van der Waals surface area contributed by atoms with E-state index >= 15 is 0 Å². The van der Waals surface area contributed by atoms with Gasteiger partial charge in [0.05, 0.1) is 0 Å². The molecule has 0 bridgehead atoms. The van der Waals surface area contributed by atoms with Crippen LogP contribution in [-0.2, 0) is 11.2 Å². The van der Waals surface area contributed by atoms with Gasteiger partial charge in [-0.3, -0.25) is 25.4 Å². The third-order valence-corrected chi connectivity index (χ3v) is 2.01. The lowest BCUT2D eigenvalue weighted by Crippen LogP contribution is -2.32. The molecule has 1 rings (SSSR count). The van der Waals surface area contributed by atoms with Crippen molar-refractivity contribution in [1.82, 2.24) is 20.6 Å². The topological polar surface area (TPSA) is 99.8 Å². The monoisotopic (exact) mass is 239 g/mol. The summed E-state index contributed by atoms with van der Waals surface area (Å²) in [6.45, 7) is 5.70. The summed E-state index contributed by atoms with van der Waals surface area (Å²) in [7, 11) is 0. The van der Waals surface area contributed by atoms with Crippen LogP contribution in [0.5, 0.6) is 0 Å². The summed E-state index contributed by atoms with van der Waals surface area (Å²) >= 11 is 0. The number of hydrogen-bond acceptors (Lipinski definition) is 5. The number of nitrogens with one attached hydrogen (secondary N) is 3. The standard InChI is InChI=1S/C10H17N5O2/c1-4-7-9(17)11-10(14-12-7)15-13-8(16)5-6(2)3/h6H,4-5H2,1-3H3,(H,13,16)(H2,11,14,15,17). The van der Waals surface area contributed by atoms with Gasteiger partial charge in [0, 0.05) is 6.42 Å². The van der Waals surface area contributed by atoms with Crippen molar-refractivity contribution in [1.29, 1.82) is 0 Å². The molecule has 0 aliphatic rings. The van der Waals surface area contributed by atoms with Crippen LogP contribution in [0.4, 0.5) is 5.95 Å². The number of hydrazine groups is 1. The maximum atomic E-state index is 11.4. The first-order valence-corrected chi connectivity index (χ1v) is 5.53. The van der Waals surface area contributed by atoms with Gasteiger partial charge in [-0.2, -0.15) is 0 Å². The lowest BCUT2D eigenvalue weighted by molar-refractivity contribution is -0.121. The van der Waals surface area contributed by atoms with Crippen LogP contribution in [0.1, 0.15) is 32.9 Å². The molecule has 94 valence electrons. The summed E-state index contributed by atoms with van der Waals surface area (Å²) in [6.07, 6.45) is 0.917. The zero-order chi connectivity index (χ0) is 12.8. The maximum absolute atomic E-state index is 11.4.